The largest absolute Gasteiger partial charge is 0.179 e. The molecule has 0 amide bonds. The molecule has 0 aliphatic heterocycles. The molecule has 0 unspecified atom stereocenters. The normalized spacial score (nSPS) is 18.8. The minimum atomic E-state index is 0. The fraction of sp³-hybridized carbons (Fsp3) is 1.00. The SMILES string of the molecule is C1CCCC1.C1CCCC1.CC(C)SCCCCCCC1CCCC1.SCCCCCCC1CCCC1.[Fe].[Fe]. The number of thiol groups is 1. The van der Waals surface area contributed by atoms with E-state index in [1.54, 1.807) is 0 Å². The van der Waals surface area contributed by atoms with Crippen LogP contribution in [0.15, 0.2) is 0 Å². The van der Waals surface area contributed by atoms with Gasteiger partial charge in [-0.05, 0) is 41.4 Å². The van der Waals surface area contributed by atoms with Crippen LogP contribution in [-0.2, 0) is 34.1 Å². The summed E-state index contributed by atoms with van der Waals surface area (Å²) < 4.78 is 0. The summed E-state index contributed by atoms with van der Waals surface area (Å²) in [5.41, 5.74) is 0. The monoisotopic (exact) mass is 666 g/mol. The van der Waals surface area contributed by atoms with Gasteiger partial charge in [0.15, 0.2) is 0 Å². The molecule has 0 aromatic rings. The standard InChI is InChI=1S/C14H28S.C11H22S.2C5H10.2Fe/c1-13(2)15-12-8-4-3-5-9-14-10-6-7-11-14;12-10-6-2-1-3-7-11-8-4-5-9-11;2*1-2-4-5-3-1;;/h13-14H,3-12H2,1-2H3;11-12H,1-10H2;2*1-5H2;;. The maximum Gasteiger partial charge on any atom is 0 e. The van der Waals surface area contributed by atoms with E-state index >= 15 is 0 Å². The van der Waals surface area contributed by atoms with E-state index in [0.717, 1.165) is 22.8 Å². The van der Waals surface area contributed by atoms with E-state index in [2.05, 4.69) is 38.2 Å². The summed E-state index contributed by atoms with van der Waals surface area (Å²) >= 11 is 6.32. The van der Waals surface area contributed by atoms with Crippen molar-refractivity contribution in [1.29, 1.82) is 0 Å². The summed E-state index contributed by atoms with van der Waals surface area (Å²) in [4.78, 5) is 0. The van der Waals surface area contributed by atoms with E-state index < -0.39 is 0 Å². The van der Waals surface area contributed by atoms with Gasteiger partial charge in [-0.15, -0.1) is 0 Å². The molecule has 4 aliphatic carbocycles. The summed E-state index contributed by atoms with van der Waals surface area (Å²) in [6.45, 7) is 4.59. The molecule has 4 saturated carbocycles. The number of hydrogen-bond donors (Lipinski definition) is 1. The molecule has 0 bridgehead atoms. The first-order valence-electron chi connectivity index (χ1n) is 17.4. The molecule has 0 atom stereocenters. The maximum absolute atomic E-state index is 4.21. The van der Waals surface area contributed by atoms with Crippen molar-refractivity contribution >= 4 is 24.4 Å². The molecule has 0 saturated heterocycles. The third kappa shape index (κ3) is 31.0. The van der Waals surface area contributed by atoms with Gasteiger partial charge in [0.25, 0.3) is 0 Å². The van der Waals surface area contributed by atoms with Gasteiger partial charge >= 0.3 is 0 Å². The third-order valence-electron chi connectivity index (χ3n) is 8.93. The van der Waals surface area contributed by atoms with Crippen molar-refractivity contribution in [3.05, 3.63) is 0 Å². The summed E-state index contributed by atoms with van der Waals surface area (Å²) in [5.74, 6) is 4.65. The van der Waals surface area contributed by atoms with Gasteiger partial charge in [-0.1, -0.05) is 181 Å². The number of unbranched alkanes of at least 4 members (excludes halogenated alkanes) is 6. The van der Waals surface area contributed by atoms with Crippen molar-refractivity contribution in [1.82, 2.24) is 0 Å². The smallest absolute Gasteiger partial charge is 0 e. The van der Waals surface area contributed by atoms with Gasteiger partial charge in [-0.2, -0.15) is 24.4 Å². The van der Waals surface area contributed by atoms with Crippen LogP contribution in [0.3, 0.4) is 0 Å². The van der Waals surface area contributed by atoms with Gasteiger partial charge in [0.2, 0.25) is 0 Å². The molecule has 0 heterocycles. The first-order valence-corrected chi connectivity index (χ1v) is 19.1. The molecule has 0 spiro atoms. The Hall–Kier alpha value is 1.74. The molecular formula is C35H70Fe2S2. The summed E-state index contributed by atoms with van der Waals surface area (Å²) in [6, 6.07) is 0. The Morgan fingerprint density at radius 2 is 0.821 bits per heavy atom. The maximum atomic E-state index is 4.21. The molecule has 39 heavy (non-hydrogen) atoms. The van der Waals surface area contributed by atoms with Crippen LogP contribution in [0.2, 0.25) is 0 Å². The first-order chi connectivity index (χ1) is 18.2. The van der Waals surface area contributed by atoms with Crippen LogP contribution in [0.1, 0.15) is 194 Å². The van der Waals surface area contributed by atoms with E-state index in [0.29, 0.717) is 0 Å². The van der Waals surface area contributed by atoms with E-state index in [-0.39, 0.29) is 34.1 Å². The Kier molecular flexibility index (Phi) is 37.6. The molecule has 0 aromatic heterocycles. The Labute approximate surface area is 279 Å². The molecule has 4 heteroatoms. The molecule has 4 rings (SSSR count). The second kappa shape index (κ2) is 34.2. The first kappa shape index (κ1) is 42.9. The van der Waals surface area contributed by atoms with Gasteiger partial charge in [0.1, 0.15) is 0 Å². The van der Waals surface area contributed by atoms with Crippen molar-refractivity contribution < 1.29 is 34.1 Å². The van der Waals surface area contributed by atoms with Gasteiger partial charge < -0.3 is 0 Å². The van der Waals surface area contributed by atoms with Gasteiger partial charge in [0, 0.05) is 34.1 Å². The Bertz CT molecular complexity index is 401. The predicted octanol–water partition coefficient (Wildman–Crippen LogP) is 13.2. The average molecular weight is 667 g/mol. The zero-order chi connectivity index (χ0) is 26.7. The van der Waals surface area contributed by atoms with Crippen LogP contribution < -0.4 is 0 Å². The topological polar surface area (TPSA) is 0 Å². The second-order valence-corrected chi connectivity index (χ2v) is 15.0. The van der Waals surface area contributed by atoms with E-state index in [4.69, 9.17) is 0 Å². The number of rotatable bonds is 14. The minimum absolute atomic E-state index is 0. The number of hydrogen-bond acceptors (Lipinski definition) is 2. The van der Waals surface area contributed by atoms with Gasteiger partial charge in [-0.3, -0.25) is 0 Å². The van der Waals surface area contributed by atoms with E-state index in [9.17, 15) is 0 Å². The van der Waals surface area contributed by atoms with Crippen LogP contribution >= 0.6 is 24.4 Å². The fourth-order valence-corrected chi connectivity index (χ4v) is 7.54. The Morgan fingerprint density at radius 1 is 0.487 bits per heavy atom. The van der Waals surface area contributed by atoms with Crippen LogP contribution in [0.4, 0.5) is 0 Å². The summed E-state index contributed by atoms with van der Waals surface area (Å²) in [7, 11) is 0. The summed E-state index contributed by atoms with van der Waals surface area (Å²) in [6.07, 6.45) is 41.7. The van der Waals surface area contributed by atoms with E-state index in [1.807, 2.05) is 0 Å². The Morgan fingerprint density at radius 3 is 1.15 bits per heavy atom. The van der Waals surface area contributed by atoms with Crippen molar-refractivity contribution in [2.75, 3.05) is 11.5 Å². The third-order valence-corrected chi connectivity index (χ3v) is 10.4. The zero-order valence-corrected chi connectivity index (χ0v) is 30.4. The molecule has 238 valence electrons. The zero-order valence-electron chi connectivity index (χ0n) is 26.5. The molecule has 0 radical (unpaired) electrons. The predicted molar refractivity (Wildman–Crippen MR) is 178 cm³/mol. The van der Waals surface area contributed by atoms with Crippen molar-refractivity contribution in [2.24, 2.45) is 11.8 Å². The quantitative estimate of drug-likeness (QED) is 0.109. The van der Waals surface area contributed by atoms with Crippen molar-refractivity contribution in [3.63, 3.8) is 0 Å². The van der Waals surface area contributed by atoms with Gasteiger partial charge in [-0.25, -0.2) is 0 Å². The number of thioether (sulfide) groups is 1. The molecule has 0 nitrogen and oxygen atoms in total. The van der Waals surface area contributed by atoms with Crippen molar-refractivity contribution in [2.45, 2.75) is 199 Å². The summed E-state index contributed by atoms with van der Waals surface area (Å²) in [5, 5.41) is 0.823. The molecule has 0 aromatic carbocycles. The Balaban J connectivity index is 0. The fourth-order valence-electron chi connectivity index (χ4n) is 6.47. The van der Waals surface area contributed by atoms with Crippen LogP contribution in [0.25, 0.3) is 0 Å². The van der Waals surface area contributed by atoms with E-state index in [1.165, 1.54) is 186 Å². The van der Waals surface area contributed by atoms with Crippen LogP contribution in [-0.4, -0.2) is 16.8 Å². The van der Waals surface area contributed by atoms with Gasteiger partial charge in [0.05, 0.1) is 0 Å². The van der Waals surface area contributed by atoms with Crippen LogP contribution in [0, 0.1) is 11.8 Å². The minimum Gasteiger partial charge on any atom is -0.179 e. The molecule has 0 N–H and O–H groups in total. The molecule has 4 aliphatic rings. The second-order valence-electron chi connectivity index (χ2n) is 12.9. The molecule has 4 fully saturated rings. The average Bonchev–Trinajstić information content (AvgIpc) is 3.74. The van der Waals surface area contributed by atoms with Crippen LogP contribution in [0.5, 0.6) is 0 Å². The van der Waals surface area contributed by atoms with Crippen molar-refractivity contribution in [3.8, 4) is 0 Å². The molecular weight excluding hydrogens is 596 g/mol.